The summed E-state index contributed by atoms with van der Waals surface area (Å²) in [4.78, 5) is 2.34. The Morgan fingerprint density at radius 2 is 2.33 bits per heavy atom. The lowest BCUT2D eigenvalue weighted by Gasteiger charge is -2.34. The molecule has 2 atom stereocenters. The van der Waals surface area contributed by atoms with Crippen molar-refractivity contribution in [2.45, 2.75) is 25.5 Å². The fourth-order valence-corrected chi connectivity index (χ4v) is 2.86. The van der Waals surface area contributed by atoms with Gasteiger partial charge in [0.05, 0.1) is 18.8 Å². The standard InChI is InChI=1S/C16H21FN2O2/c1-2-6-19-7-8-20-14(10-19)15(18)13-9-11-4-3-5-12(17)16(11)21-13/h3-5,9,14-15H,2,6-8,10,18H2,1H3. The molecule has 5 heteroatoms. The number of morpholine rings is 1. The van der Waals surface area contributed by atoms with Crippen LogP contribution in [-0.2, 0) is 4.74 Å². The second-order valence-corrected chi connectivity index (χ2v) is 5.54. The molecule has 0 spiro atoms. The molecule has 1 aromatic carbocycles. The van der Waals surface area contributed by atoms with Gasteiger partial charge in [-0.3, -0.25) is 4.90 Å². The van der Waals surface area contributed by atoms with E-state index >= 15 is 0 Å². The number of ether oxygens (including phenoxy) is 1. The molecule has 2 aromatic rings. The molecule has 0 bridgehead atoms. The van der Waals surface area contributed by atoms with Gasteiger partial charge in [0.15, 0.2) is 11.4 Å². The van der Waals surface area contributed by atoms with E-state index in [4.69, 9.17) is 14.9 Å². The molecule has 0 saturated carbocycles. The van der Waals surface area contributed by atoms with Crippen LogP contribution in [0.2, 0.25) is 0 Å². The molecule has 0 aliphatic carbocycles. The highest BCUT2D eigenvalue weighted by molar-refractivity contribution is 5.78. The lowest BCUT2D eigenvalue weighted by Crippen LogP contribution is -2.47. The number of fused-ring (bicyclic) bond motifs is 1. The Balaban J connectivity index is 1.79. The molecule has 21 heavy (non-hydrogen) atoms. The molecule has 2 unspecified atom stereocenters. The minimum atomic E-state index is -0.378. The largest absolute Gasteiger partial charge is 0.456 e. The summed E-state index contributed by atoms with van der Waals surface area (Å²) in [6.07, 6.45) is 0.992. The minimum Gasteiger partial charge on any atom is -0.456 e. The second-order valence-electron chi connectivity index (χ2n) is 5.54. The highest BCUT2D eigenvalue weighted by Crippen LogP contribution is 2.28. The molecule has 1 fully saturated rings. The molecule has 2 N–H and O–H groups in total. The van der Waals surface area contributed by atoms with Crippen LogP contribution in [0.25, 0.3) is 11.0 Å². The van der Waals surface area contributed by atoms with Gasteiger partial charge in [-0.25, -0.2) is 4.39 Å². The van der Waals surface area contributed by atoms with Crippen molar-refractivity contribution in [1.29, 1.82) is 0 Å². The van der Waals surface area contributed by atoms with E-state index in [0.29, 0.717) is 12.4 Å². The highest BCUT2D eigenvalue weighted by atomic mass is 19.1. The Morgan fingerprint density at radius 3 is 3.10 bits per heavy atom. The first-order valence-electron chi connectivity index (χ1n) is 7.46. The molecule has 114 valence electrons. The molecule has 1 aromatic heterocycles. The molecule has 1 aliphatic heterocycles. The van der Waals surface area contributed by atoms with Crippen LogP contribution < -0.4 is 5.73 Å². The van der Waals surface area contributed by atoms with Gasteiger partial charge in [0.25, 0.3) is 0 Å². The van der Waals surface area contributed by atoms with Crippen molar-refractivity contribution in [1.82, 2.24) is 4.90 Å². The van der Waals surface area contributed by atoms with Crippen molar-refractivity contribution in [3.63, 3.8) is 0 Å². The SMILES string of the molecule is CCCN1CCOC(C(N)c2cc3cccc(F)c3o2)C1. The monoisotopic (exact) mass is 292 g/mol. The van der Waals surface area contributed by atoms with Crippen LogP contribution in [0.5, 0.6) is 0 Å². The van der Waals surface area contributed by atoms with Gasteiger partial charge >= 0.3 is 0 Å². The first-order valence-corrected chi connectivity index (χ1v) is 7.46. The van der Waals surface area contributed by atoms with Crippen LogP contribution in [-0.4, -0.2) is 37.2 Å². The zero-order valence-electron chi connectivity index (χ0n) is 12.2. The lowest BCUT2D eigenvalue weighted by molar-refractivity contribution is -0.0434. The van der Waals surface area contributed by atoms with Gasteiger partial charge in [0, 0.05) is 18.5 Å². The molecular weight excluding hydrogens is 271 g/mol. The van der Waals surface area contributed by atoms with Crippen LogP contribution in [0, 0.1) is 5.82 Å². The van der Waals surface area contributed by atoms with Gasteiger partial charge in [-0.15, -0.1) is 0 Å². The summed E-state index contributed by atoms with van der Waals surface area (Å²) in [5, 5.41) is 0.738. The summed E-state index contributed by atoms with van der Waals surface area (Å²) in [6.45, 7) is 5.60. The molecule has 3 rings (SSSR count). The van der Waals surface area contributed by atoms with Crippen molar-refractivity contribution < 1.29 is 13.5 Å². The average molecular weight is 292 g/mol. The topological polar surface area (TPSA) is 51.6 Å². The Bertz CT molecular complexity index is 611. The number of para-hydroxylation sites is 1. The van der Waals surface area contributed by atoms with Gasteiger partial charge in [0.2, 0.25) is 0 Å². The van der Waals surface area contributed by atoms with E-state index in [1.807, 2.05) is 12.1 Å². The third-order valence-corrected chi connectivity index (χ3v) is 3.96. The van der Waals surface area contributed by atoms with Crippen LogP contribution in [0.4, 0.5) is 4.39 Å². The normalized spacial score (nSPS) is 21.8. The maximum Gasteiger partial charge on any atom is 0.169 e. The van der Waals surface area contributed by atoms with Crippen molar-refractivity contribution in [3.8, 4) is 0 Å². The predicted octanol–water partition coefficient (Wildman–Crippen LogP) is 2.68. The van der Waals surface area contributed by atoms with Crippen molar-refractivity contribution in [2.24, 2.45) is 5.73 Å². The number of nitrogens with two attached hydrogens (primary N) is 1. The van der Waals surface area contributed by atoms with Crippen LogP contribution in [0.15, 0.2) is 28.7 Å². The van der Waals surface area contributed by atoms with E-state index in [2.05, 4.69) is 11.8 Å². The zero-order valence-corrected chi connectivity index (χ0v) is 12.2. The zero-order chi connectivity index (χ0) is 14.8. The summed E-state index contributed by atoms with van der Waals surface area (Å²) in [5.74, 6) is 0.224. The van der Waals surface area contributed by atoms with E-state index in [-0.39, 0.29) is 23.5 Å². The average Bonchev–Trinajstić information content (AvgIpc) is 2.93. The summed E-state index contributed by atoms with van der Waals surface area (Å²) < 4.78 is 25.1. The number of hydrogen-bond donors (Lipinski definition) is 1. The number of hydrogen-bond acceptors (Lipinski definition) is 4. The second kappa shape index (κ2) is 6.13. The van der Waals surface area contributed by atoms with Crippen molar-refractivity contribution in [2.75, 3.05) is 26.2 Å². The van der Waals surface area contributed by atoms with Crippen LogP contribution in [0.3, 0.4) is 0 Å². The molecule has 0 amide bonds. The molecule has 0 radical (unpaired) electrons. The highest BCUT2D eigenvalue weighted by Gasteiger charge is 2.28. The number of nitrogens with zero attached hydrogens (tertiary/aromatic N) is 1. The summed E-state index contributed by atoms with van der Waals surface area (Å²) >= 11 is 0. The summed E-state index contributed by atoms with van der Waals surface area (Å²) in [7, 11) is 0. The number of halogens is 1. The minimum absolute atomic E-state index is 0.117. The van der Waals surface area contributed by atoms with Crippen molar-refractivity contribution >= 4 is 11.0 Å². The quantitative estimate of drug-likeness (QED) is 0.941. The molecule has 2 heterocycles. The number of furan rings is 1. The Hall–Kier alpha value is -1.43. The van der Waals surface area contributed by atoms with E-state index in [1.165, 1.54) is 6.07 Å². The van der Waals surface area contributed by atoms with Crippen LogP contribution >= 0.6 is 0 Å². The molecule has 1 saturated heterocycles. The van der Waals surface area contributed by atoms with Gasteiger partial charge in [0.1, 0.15) is 5.76 Å². The van der Waals surface area contributed by atoms with Crippen molar-refractivity contribution in [3.05, 3.63) is 35.8 Å². The van der Waals surface area contributed by atoms with E-state index in [1.54, 1.807) is 6.07 Å². The molecule has 1 aliphatic rings. The number of rotatable bonds is 4. The third kappa shape index (κ3) is 2.95. The lowest BCUT2D eigenvalue weighted by atomic mass is 10.1. The molecular formula is C16H21FN2O2. The smallest absolute Gasteiger partial charge is 0.169 e. The Labute approximate surface area is 123 Å². The Kier molecular flexibility index (Phi) is 4.24. The van der Waals surface area contributed by atoms with E-state index in [0.717, 1.165) is 31.4 Å². The van der Waals surface area contributed by atoms with Crippen LogP contribution in [0.1, 0.15) is 25.1 Å². The third-order valence-electron chi connectivity index (χ3n) is 3.96. The van der Waals surface area contributed by atoms with Gasteiger partial charge in [-0.1, -0.05) is 19.1 Å². The maximum absolute atomic E-state index is 13.7. The van der Waals surface area contributed by atoms with Gasteiger partial charge < -0.3 is 14.9 Å². The van der Waals surface area contributed by atoms with E-state index < -0.39 is 0 Å². The van der Waals surface area contributed by atoms with E-state index in [9.17, 15) is 4.39 Å². The number of benzene rings is 1. The predicted molar refractivity (Wildman–Crippen MR) is 79.6 cm³/mol. The summed E-state index contributed by atoms with van der Waals surface area (Å²) in [5.41, 5.74) is 6.54. The summed E-state index contributed by atoms with van der Waals surface area (Å²) in [6, 6.07) is 6.31. The first-order chi connectivity index (χ1) is 10.2. The van der Waals surface area contributed by atoms with Gasteiger partial charge in [-0.2, -0.15) is 0 Å². The molecule has 4 nitrogen and oxygen atoms in total. The fraction of sp³-hybridized carbons (Fsp3) is 0.500. The fourth-order valence-electron chi connectivity index (χ4n) is 2.86. The Morgan fingerprint density at radius 1 is 1.48 bits per heavy atom. The van der Waals surface area contributed by atoms with Gasteiger partial charge in [-0.05, 0) is 25.1 Å². The maximum atomic E-state index is 13.7. The first kappa shape index (κ1) is 14.5.